The lowest BCUT2D eigenvalue weighted by Gasteiger charge is -2.23. The maximum Gasteiger partial charge on any atom is 0.223 e. The van der Waals surface area contributed by atoms with E-state index in [1.165, 1.54) is 5.56 Å². The number of carbonyl (C=O) groups excluding carboxylic acids is 1. The molecule has 1 amide bonds. The van der Waals surface area contributed by atoms with Crippen LogP contribution < -0.4 is 10.6 Å². The first-order valence-electron chi connectivity index (χ1n) is 8.75. The smallest absolute Gasteiger partial charge is 0.223 e. The zero-order valence-corrected chi connectivity index (χ0v) is 15.3. The number of ether oxygens (including phenoxy) is 1. The first-order chi connectivity index (χ1) is 12.3. The molecule has 0 saturated carbocycles. The van der Waals surface area contributed by atoms with Gasteiger partial charge in [-0.05, 0) is 31.4 Å². The van der Waals surface area contributed by atoms with E-state index in [-0.39, 0.29) is 24.1 Å². The monoisotopic (exact) mass is 359 g/mol. The van der Waals surface area contributed by atoms with Gasteiger partial charge >= 0.3 is 0 Å². The molecule has 2 heterocycles. The normalized spacial score (nSPS) is 19.5. The Morgan fingerprint density at radius 3 is 2.92 bits per heavy atom. The van der Waals surface area contributed by atoms with E-state index in [0.717, 1.165) is 30.8 Å². The summed E-state index contributed by atoms with van der Waals surface area (Å²) in [5.74, 6) is 0.0108. The fraction of sp³-hybridized carbons (Fsp3) is 0.474. The van der Waals surface area contributed by atoms with Crippen LogP contribution in [0.25, 0.3) is 0 Å². The van der Waals surface area contributed by atoms with Crippen LogP contribution in [-0.2, 0) is 16.0 Å². The predicted molar refractivity (Wildman–Crippen MR) is 99.6 cm³/mol. The third kappa shape index (κ3) is 5.11. The maximum atomic E-state index is 12.6. The van der Waals surface area contributed by atoms with E-state index in [9.17, 15) is 4.79 Å². The lowest BCUT2D eigenvalue weighted by Crippen LogP contribution is -2.41. The number of thiazole rings is 1. The van der Waals surface area contributed by atoms with Gasteiger partial charge < -0.3 is 15.4 Å². The van der Waals surface area contributed by atoms with Gasteiger partial charge in [0.1, 0.15) is 5.01 Å². The quantitative estimate of drug-likeness (QED) is 0.761. The molecule has 1 aromatic carbocycles. The zero-order chi connectivity index (χ0) is 17.5. The molecule has 0 bridgehead atoms. The van der Waals surface area contributed by atoms with Crippen molar-refractivity contribution >= 4 is 17.2 Å². The average molecular weight is 359 g/mol. The number of amides is 1. The van der Waals surface area contributed by atoms with Gasteiger partial charge in [0.25, 0.3) is 0 Å². The number of methoxy groups -OCH3 is 1. The molecular weight excluding hydrogens is 334 g/mol. The van der Waals surface area contributed by atoms with Crippen LogP contribution >= 0.6 is 11.3 Å². The summed E-state index contributed by atoms with van der Waals surface area (Å²) in [5, 5.41) is 9.46. The molecule has 2 N–H and O–H groups in total. The summed E-state index contributed by atoms with van der Waals surface area (Å²) in [7, 11) is 1.68. The maximum absolute atomic E-state index is 12.6. The molecule has 1 saturated heterocycles. The molecule has 0 aliphatic carbocycles. The molecular formula is C19H25N3O2S. The molecule has 0 spiro atoms. The summed E-state index contributed by atoms with van der Waals surface area (Å²) in [6.07, 6.45) is 5.00. The zero-order valence-electron chi connectivity index (χ0n) is 14.5. The van der Waals surface area contributed by atoms with Crippen molar-refractivity contribution < 1.29 is 9.53 Å². The fourth-order valence-corrected chi connectivity index (χ4v) is 4.00. The number of carbonyl (C=O) groups is 1. The van der Waals surface area contributed by atoms with E-state index in [0.29, 0.717) is 6.42 Å². The SMILES string of the molecule is CO[C@H](CC(=O)N[C@@H](Cc1ccccc1)c1nccs1)[C@@H]1CCCN1. The Hall–Kier alpha value is -1.76. The van der Waals surface area contributed by atoms with Gasteiger partial charge in [-0.25, -0.2) is 4.98 Å². The van der Waals surface area contributed by atoms with Crippen LogP contribution in [0.5, 0.6) is 0 Å². The van der Waals surface area contributed by atoms with Crippen LogP contribution in [0.4, 0.5) is 0 Å². The number of hydrogen-bond acceptors (Lipinski definition) is 5. The van der Waals surface area contributed by atoms with Crippen molar-refractivity contribution in [3.05, 3.63) is 52.5 Å². The minimum absolute atomic E-state index is 0.0108. The molecule has 6 heteroatoms. The minimum atomic E-state index is -0.107. The highest BCUT2D eigenvalue weighted by atomic mass is 32.1. The third-order valence-electron chi connectivity index (χ3n) is 4.60. The summed E-state index contributed by atoms with van der Waals surface area (Å²) < 4.78 is 5.56. The van der Waals surface area contributed by atoms with E-state index in [4.69, 9.17) is 4.74 Å². The number of aromatic nitrogens is 1. The van der Waals surface area contributed by atoms with Crippen molar-refractivity contribution in [1.82, 2.24) is 15.6 Å². The first-order valence-corrected chi connectivity index (χ1v) is 9.63. The van der Waals surface area contributed by atoms with E-state index in [1.807, 2.05) is 23.6 Å². The summed E-state index contributed by atoms with van der Waals surface area (Å²) in [6, 6.07) is 10.3. The summed E-state index contributed by atoms with van der Waals surface area (Å²) in [6.45, 7) is 1.00. The Morgan fingerprint density at radius 2 is 2.28 bits per heavy atom. The molecule has 0 radical (unpaired) electrons. The van der Waals surface area contributed by atoms with Gasteiger partial charge in [0.15, 0.2) is 0 Å². The van der Waals surface area contributed by atoms with E-state index >= 15 is 0 Å². The van der Waals surface area contributed by atoms with E-state index in [1.54, 1.807) is 24.6 Å². The number of hydrogen-bond donors (Lipinski definition) is 2. The van der Waals surface area contributed by atoms with E-state index < -0.39 is 0 Å². The summed E-state index contributed by atoms with van der Waals surface area (Å²) in [4.78, 5) is 17.0. The van der Waals surface area contributed by atoms with Crippen molar-refractivity contribution in [1.29, 1.82) is 0 Å². The van der Waals surface area contributed by atoms with Crippen LogP contribution in [0.15, 0.2) is 41.9 Å². The van der Waals surface area contributed by atoms with Gasteiger partial charge in [0.05, 0.1) is 18.6 Å². The van der Waals surface area contributed by atoms with Crippen LogP contribution in [0.1, 0.15) is 35.9 Å². The van der Waals surface area contributed by atoms with Crippen LogP contribution in [-0.4, -0.2) is 36.7 Å². The minimum Gasteiger partial charge on any atom is -0.379 e. The molecule has 1 aliphatic rings. The number of rotatable bonds is 8. The van der Waals surface area contributed by atoms with Crippen molar-refractivity contribution in [3.63, 3.8) is 0 Å². The molecule has 2 aromatic rings. The molecule has 3 rings (SSSR count). The topological polar surface area (TPSA) is 63.2 Å². The molecule has 134 valence electrons. The Morgan fingerprint density at radius 1 is 1.44 bits per heavy atom. The van der Waals surface area contributed by atoms with Crippen molar-refractivity contribution in [3.8, 4) is 0 Å². The third-order valence-corrected chi connectivity index (χ3v) is 5.49. The lowest BCUT2D eigenvalue weighted by molar-refractivity contribution is -0.124. The summed E-state index contributed by atoms with van der Waals surface area (Å²) in [5.41, 5.74) is 1.18. The van der Waals surface area contributed by atoms with Gasteiger partial charge in [-0.2, -0.15) is 0 Å². The van der Waals surface area contributed by atoms with Gasteiger partial charge in [-0.15, -0.1) is 11.3 Å². The van der Waals surface area contributed by atoms with Crippen molar-refractivity contribution in [2.75, 3.05) is 13.7 Å². The van der Waals surface area contributed by atoms with Crippen molar-refractivity contribution in [2.45, 2.75) is 43.9 Å². The Kier molecular flexibility index (Phi) is 6.55. The van der Waals surface area contributed by atoms with Crippen molar-refractivity contribution in [2.24, 2.45) is 0 Å². The van der Waals surface area contributed by atoms with Gasteiger partial charge in [0.2, 0.25) is 5.91 Å². The highest BCUT2D eigenvalue weighted by molar-refractivity contribution is 7.09. The second kappa shape index (κ2) is 9.08. The standard InChI is InChI=1S/C19H25N3O2S/c1-24-17(15-8-5-9-20-15)13-18(23)22-16(19-21-10-11-25-19)12-14-6-3-2-4-7-14/h2-4,6-7,10-11,15-17,20H,5,8-9,12-13H2,1H3,(H,22,23)/t15-,16-,17+/m0/s1. The molecule has 1 fully saturated rings. The molecule has 0 unspecified atom stereocenters. The lowest BCUT2D eigenvalue weighted by atomic mass is 10.0. The average Bonchev–Trinajstić information content (AvgIpc) is 3.33. The van der Waals surface area contributed by atoms with Gasteiger partial charge in [0, 0.05) is 24.7 Å². The number of benzene rings is 1. The number of nitrogens with zero attached hydrogens (tertiary/aromatic N) is 1. The second-order valence-electron chi connectivity index (χ2n) is 6.36. The van der Waals surface area contributed by atoms with Crippen LogP contribution in [0.2, 0.25) is 0 Å². The fourth-order valence-electron chi connectivity index (χ4n) is 3.31. The Labute approximate surface area is 152 Å². The Balaban J connectivity index is 1.63. The highest BCUT2D eigenvalue weighted by Crippen LogP contribution is 2.21. The molecule has 1 aliphatic heterocycles. The number of nitrogens with one attached hydrogen (secondary N) is 2. The second-order valence-corrected chi connectivity index (χ2v) is 7.29. The van der Waals surface area contributed by atoms with E-state index in [2.05, 4.69) is 27.8 Å². The largest absolute Gasteiger partial charge is 0.379 e. The van der Waals surface area contributed by atoms with Crippen LogP contribution in [0, 0.1) is 0 Å². The molecule has 25 heavy (non-hydrogen) atoms. The summed E-state index contributed by atoms with van der Waals surface area (Å²) >= 11 is 1.57. The highest BCUT2D eigenvalue weighted by Gasteiger charge is 2.27. The van der Waals surface area contributed by atoms with Gasteiger partial charge in [-0.3, -0.25) is 4.79 Å². The Bertz CT molecular complexity index is 642. The molecule has 5 nitrogen and oxygen atoms in total. The predicted octanol–water partition coefficient (Wildman–Crippen LogP) is 2.70. The molecule has 3 atom stereocenters. The first kappa shape index (κ1) is 18.0. The molecule has 1 aromatic heterocycles. The van der Waals surface area contributed by atoms with Crippen LogP contribution in [0.3, 0.4) is 0 Å². The van der Waals surface area contributed by atoms with Gasteiger partial charge in [-0.1, -0.05) is 30.3 Å².